The van der Waals surface area contributed by atoms with E-state index >= 15 is 0 Å². The van der Waals surface area contributed by atoms with Gasteiger partial charge in [0.2, 0.25) is 0 Å². The van der Waals surface area contributed by atoms with Crippen molar-refractivity contribution < 1.29 is 14.3 Å². The van der Waals surface area contributed by atoms with E-state index in [1.165, 1.54) is 5.56 Å². The summed E-state index contributed by atoms with van der Waals surface area (Å²) in [7, 11) is 0. The molecule has 2 fully saturated rings. The molecule has 4 nitrogen and oxygen atoms in total. The molecule has 4 heteroatoms. The summed E-state index contributed by atoms with van der Waals surface area (Å²) >= 11 is 0. The van der Waals surface area contributed by atoms with Crippen LogP contribution < -0.4 is 0 Å². The molecule has 114 valence electrons. The summed E-state index contributed by atoms with van der Waals surface area (Å²) in [5, 5.41) is 0. The van der Waals surface area contributed by atoms with Gasteiger partial charge in [-0.2, -0.15) is 0 Å². The zero-order valence-corrected chi connectivity index (χ0v) is 12.5. The molecule has 2 aliphatic rings. The highest BCUT2D eigenvalue weighted by Crippen LogP contribution is 2.33. The first kappa shape index (κ1) is 14.5. The summed E-state index contributed by atoms with van der Waals surface area (Å²) in [5.74, 6) is 0.00429. The van der Waals surface area contributed by atoms with E-state index < -0.39 is 0 Å². The van der Waals surface area contributed by atoms with Gasteiger partial charge in [0, 0.05) is 18.6 Å². The van der Waals surface area contributed by atoms with Crippen molar-refractivity contribution >= 4 is 5.97 Å². The second-order valence-corrected chi connectivity index (χ2v) is 5.92. The van der Waals surface area contributed by atoms with Crippen molar-refractivity contribution in [2.75, 3.05) is 19.8 Å². The van der Waals surface area contributed by atoms with E-state index in [0.717, 1.165) is 32.6 Å². The molecular weight excluding hydrogens is 266 g/mol. The minimum atomic E-state index is -0.0336. The number of piperidine rings is 1. The lowest BCUT2D eigenvalue weighted by Crippen LogP contribution is -2.57. The first-order chi connectivity index (χ1) is 10.3. The molecule has 1 aromatic rings. The van der Waals surface area contributed by atoms with Gasteiger partial charge in [0.1, 0.15) is 0 Å². The molecule has 0 N–H and O–H groups in total. The third kappa shape index (κ3) is 3.27. The van der Waals surface area contributed by atoms with E-state index in [1.54, 1.807) is 0 Å². The minimum absolute atomic E-state index is 0.0336. The first-order valence-corrected chi connectivity index (χ1v) is 7.82. The van der Waals surface area contributed by atoms with Crippen LogP contribution in [0.15, 0.2) is 30.3 Å². The molecule has 0 amide bonds. The predicted octanol–water partition coefficient (Wildman–Crippen LogP) is 2.23. The maximum Gasteiger partial charge on any atom is 0.309 e. The standard InChI is InChI=1S/C17H23NO3/c1-2-21-17(19)14-8-15-11-20-12-16(9-14)18(15)10-13-6-4-3-5-7-13/h3-7,14-16H,2,8-12H2,1H3. The minimum Gasteiger partial charge on any atom is -0.466 e. The van der Waals surface area contributed by atoms with Gasteiger partial charge in [-0.3, -0.25) is 9.69 Å². The van der Waals surface area contributed by atoms with E-state index in [0.29, 0.717) is 18.7 Å². The van der Waals surface area contributed by atoms with Gasteiger partial charge < -0.3 is 9.47 Å². The summed E-state index contributed by atoms with van der Waals surface area (Å²) < 4.78 is 10.9. The van der Waals surface area contributed by atoms with Gasteiger partial charge in [-0.05, 0) is 25.3 Å². The molecule has 0 radical (unpaired) electrons. The molecule has 2 unspecified atom stereocenters. The number of morpholine rings is 1. The van der Waals surface area contributed by atoms with Gasteiger partial charge >= 0.3 is 5.97 Å². The lowest BCUT2D eigenvalue weighted by atomic mass is 9.84. The number of carbonyl (C=O) groups is 1. The Bertz CT molecular complexity index is 462. The molecular formula is C17H23NO3. The van der Waals surface area contributed by atoms with E-state index in [4.69, 9.17) is 9.47 Å². The molecule has 0 aliphatic carbocycles. The molecule has 2 aliphatic heterocycles. The molecule has 1 aromatic carbocycles. The largest absolute Gasteiger partial charge is 0.466 e. The summed E-state index contributed by atoms with van der Waals surface area (Å²) in [6.45, 7) is 4.72. The Morgan fingerprint density at radius 2 is 1.90 bits per heavy atom. The van der Waals surface area contributed by atoms with Crippen molar-refractivity contribution in [3.63, 3.8) is 0 Å². The quantitative estimate of drug-likeness (QED) is 0.797. The highest BCUT2D eigenvalue weighted by molar-refractivity contribution is 5.72. The van der Waals surface area contributed by atoms with Crippen LogP contribution in [0.5, 0.6) is 0 Å². The second kappa shape index (κ2) is 6.58. The van der Waals surface area contributed by atoms with Gasteiger partial charge in [0.15, 0.2) is 0 Å². The van der Waals surface area contributed by atoms with Crippen molar-refractivity contribution in [2.45, 2.75) is 38.4 Å². The Morgan fingerprint density at radius 3 is 2.52 bits per heavy atom. The first-order valence-electron chi connectivity index (χ1n) is 7.82. The Hall–Kier alpha value is -1.39. The lowest BCUT2D eigenvalue weighted by molar-refractivity contribution is -0.157. The number of benzene rings is 1. The molecule has 2 atom stereocenters. The number of fused-ring (bicyclic) bond motifs is 2. The van der Waals surface area contributed by atoms with E-state index in [-0.39, 0.29) is 11.9 Å². The van der Waals surface area contributed by atoms with Crippen molar-refractivity contribution in [1.29, 1.82) is 0 Å². The van der Waals surface area contributed by atoms with Crippen molar-refractivity contribution in [1.82, 2.24) is 4.90 Å². The smallest absolute Gasteiger partial charge is 0.309 e. The summed E-state index contributed by atoms with van der Waals surface area (Å²) in [4.78, 5) is 14.5. The normalized spacial score (nSPS) is 29.1. The Kier molecular flexibility index (Phi) is 4.56. The molecule has 0 spiro atoms. The number of rotatable bonds is 4. The van der Waals surface area contributed by atoms with Crippen molar-refractivity contribution in [3.8, 4) is 0 Å². The van der Waals surface area contributed by atoms with Crippen molar-refractivity contribution in [2.24, 2.45) is 5.92 Å². The molecule has 2 bridgehead atoms. The molecule has 0 saturated carbocycles. The highest BCUT2D eigenvalue weighted by Gasteiger charge is 2.41. The van der Waals surface area contributed by atoms with Crippen LogP contribution in [-0.2, 0) is 20.8 Å². The monoisotopic (exact) mass is 289 g/mol. The summed E-state index contributed by atoms with van der Waals surface area (Å²) in [5.41, 5.74) is 1.32. The van der Waals surface area contributed by atoms with Crippen LogP contribution in [0.4, 0.5) is 0 Å². The maximum atomic E-state index is 12.0. The number of esters is 1. The third-order valence-corrected chi connectivity index (χ3v) is 4.50. The maximum absolute atomic E-state index is 12.0. The summed E-state index contributed by atoms with van der Waals surface area (Å²) in [6.07, 6.45) is 1.70. The number of hydrogen-bond donors (Lipinski definition) is 0. The number of nitrogens with zero attached hydrogens (tertiary/aromatic N) is 1. The average molecular weight is 289 g/mol. The molecule has 21 heavy (non-hydrogen) atoms. The molecule has 2 saturated heterocycles. The Morgan fingerprint density at radius 1 is 1.24 bits per heavy atom. The van der Waals surface area contributed by atoms with Gasteiger partial charge in [-0.15, -0.1) is 0 Å². The topological polar surface area (TPSA) is 38.8 Å². The number of carbonyl (C=O) groups excluding carboxylic acids is 1. The third-order valence-electron chi connectivity index (χ3n) is 4.50. The van der Waals surface area contributed by atoms with Gasteiger partial charge in [0.25, 0.3) is 0 Å². The summed E-state index contributed by atoms with van der Waals surface area (Å²) in [6, 6.07) is 11.2. The fourth-order valence-electron chi connectivity index (χ4n) is 3.49. The number of ether oxygens (including phenoxy) is 2. The van der Waals surface area contributed by atoms with E-state index in [1.807, 2.05) is 13.0 Å². The SMILES string of the molecule is CCOC(=O)C1CC2COCC(C1)N2Cc1ccccc1. The fourth-order valence-corrected chi connectivity index (χ4v) is 3.49. The van der Waals surface area contributed by atoms with Gasteiger partial charge in [0.05, 0.1) is 25.7 Å². The van der Waals surface area contributed by atoms with Crippen molar-refractivity contribution in [3.05, 3.63) is 35.9 Å². The van der Waals surface area contributed by atoms with Crippen LogP contribution in [0, 0.1) is 5.92 Å². The van der Waals surface area contributed by atoms with Crippen LogP contribution in [-0.4, -0.2) is 42.8 Å². The second-order valence-electron chi connectivity index (χ2n) is 5.92. The van der Waals surface area contributed by atoms with Crippen LogP contribution in [0.2, 0.25) is 0 Å². The van der Waals surface area contributed by atoms with Crippen LogP contribution in [0.25, 0.3) is 0 Å². The molecule has 2 heterocycles. The van der Waals surface area contributed by atoms with Crippen LogP contribution >= 0.6 is 0 Å². The lowest BCUT2D eigenvalue weighted by Gasteiger charge is -2.47. The Balaban J connectivity index is 1.69. The Labute approximate surface area is 126 Å². The highest BCUT2D eigenvalue weighted by atomic mass is 16.5. The molecule has 3 rings (SSSR count). The number of hydrogen-bond acceptors (Lipinski definition) is 4. The van der Waals surface area contributed by atoms with E-state index in [2.05, 4.69) is 29.2 Å². The zero-order valence-electron chi connectivity index (χ0n) is 12.5. The molecule has 0 aromatic heterocycles. The van der Waals surface area contributed by atoms with Crippen LogP contribution in [0.3, 0.4) is 0 Å². The fraction of sp³-hybridized carbons (Fsp3) is 0.588. The van der Waals surface area contributed by atoms with Crippen LogP contribution in [0.1, 0.15) is 25.3 Å². The van der Waals surface area contributed by atoms with E-state index in [9.17, 15) is 4.79 Å². The van der Waals surface area contributed by atoms with Gasteiger partial charge in [-0.25, -0.2) is 0 Å². The average Bonchev–Trinajstić information content (AvgIpc) is 2.48. The predicted molar refractivity (Wildman–Crippen MR) is 79.7 cm³/mol. The van der Waals surface area contributed by atoms with Gasteiger partial charge in [-0.1, -0.05) is 30.3 Å². The zero-order chi connectivity index (χ0) is 14.7.